The van der Waals surface area contributed by atoms with Crippen molar-refractivity contribution < 1.29 is 4.79 Å². The van der Waals surface area contributed by atoms with Crippen molar-refractivity contribution in [2.75, 3.05) is 19.6 Å². The van der Waals surface area contributed by atoms with Gasteiger partial charge in [0.25, 0.3) is 5.91 Å². The van der Waals surface area contributed by atoms with Crippen LogP contribution in [0.25, 0.3) is 17.2 Å². The molecule has 1 amide bonds. The van der Waals surface area contributed by atoms with Crippen LogP contribution in [-0.4, -0.2) is 40.6 Å². The highest BCUT2D eigenvalue weighted by Gasteiger charge is 2.27. The van der Waals surface area contributed by atoms with Crippen LogP contribution in [0.1, 0.15) is 46.1 Å². The number of aromatic nitrogens is 2. The van der Waals surface area contributed by atoms with Crippen molar-refractivity contribution in [2.45, 2.75) is 25.4 Å². The molecule has 3 N–H and O–H groups in total. The van der Waals surface area contributed by atoms with E-state index < -0.39 is 0 Å². The van der Waals surface area contributed by atoms with Crippen molar-refractivity contribution in [3.05, 3.63) is 71.2 Å². The van der Waals surface area contributed by atoms with Crippen molar-refractivity contribution in [1.82, 2.24) is 25.7 Å². The van der Waals surface area contributed by atoms with E-state index in [-0.39, 0.29) is 11.9 Å². The van der Waals surface area contributed by atoms with Crippen LogP contribution in [0.3, 0.4) is 0 Å². The van der Waals surface area contributed by atoms with Gasteiger partial charge in [-0.15, -0.1) is 0 Å². The fourth-order valence-electron chi connectivity index (χ4n) is 4.46. The maximum absolute atomic E-state index is 13.4. The van der Waals surface area contributed by atoms with Crippen molar-refractivity contribution in [3.63, 3.8) is 0 Å². The van der Waals surface area contributed by atoms with Gasteiger partial charge in [0.2, 0.25) is 0 Å². The summed E-state index contributed by atoms with van der Waals surface area (Å²) in [5.41, 5.74) is 5.87. The van der Waals surface area contributed by atoms with Gasteiger partial charge in [0.05, 0.1) is 17.9 Å². The normalized spacial score (nSPS) is 17.1. The number of likely N-dealkylation sites (tertiary alicyclic amines) is 1. The summed E-state index contributed by atoms with van der Waals surface area (Å²) < 4.78 is 0. The summed E-state index contributed by atoms with van der Waals surface area (Å²) in [6.07, 6.45) is 8.12. The van der Waals surface area contributed by atoms with E-state index >= 15 is 0 Å². The lowest BCUT2D eigenvalue weighted by Crippen LogP contribution is -2.37. The van der Waals surface area contributed by atoms with E-state index in [9.17, 15) is 4.79 Å². The Kier molecular flexibility index (Phi) is 4.77. The Bertz CT molecular complexity index is 1000. The first-order valence-electron chi connectivity index (χ1n) is 10.3. The smallest absolute Gasteiger partial charge is 0.252 e. The van der Waals surface area contributed by atoms with Crippen LogP contribution in [0.4, 0.5) is 0 Å². The van der Waals surface area contributed by atoms with Crippen molar-refractivity contribution >= 4 is 12.0 Å². The highest BCUT2D eigenvalue weighted by Crippen LogP contribution is 2.35. The summed E-state index contributed by atoms with van der Waals surface area (Å²) in [5, 5.41) is 13.8. The zero-order valence-corrected chi connectivity index (χ0v) is 16.3. The Morgan fingerprint density at radius 2 is 2.03 bits per heavy atom. The first-order chi connectivity index (χ1) is 14.3. The average Bonchev–Trinajstić information content (AvgIpc) is 3.33. The molecule has 1 aromatic carbocycles. The molecule has 1 atom stereocenters. The van der Waals surface area contributed by atoms with Crippen LogP contribution in [-0.2, 0) is 6.54 Å². The molecule has 3 aliphatic heterocycles. The van der Waals surface area contributed by atoms with Crippen LogP contribution >= 0.6 is 0 Å². The summed E-state index contributed by atoms with van der Waals surface area (Å²) in [5.74, 6) is -0.0288. The molecule has 0 unspecified atom stereocenters. The lowest BCUT2D eigenvalue weighted by molar-refractivity contribution is 0.0926. The number of carbonyl (C=O) groups is 1. The quantitative estimate of drug-likeness (QED) is 0.629. The average molecular weight is 387 g/mol. The molecule has 148 valence electrons. The first-order valence-corrected chi connectivity index (χ1v) is 10.3. The molecule has 0 spiro atoms. The fourth-order valence-corrected chi connectivity index (χ4v) is 4.46. The lowest BCUT2D eigenvalue weighted by atomic mass is 10.0. The zero-order chi connectivity index (χ0) is 19.6. The van der Waals surface area contributed by atoms with Crippen LogP contribution < -0.4 is 10.6 Å². The minimum atomic E-state index is -0.0342. The van der Waals surface area contributed by atoms with E-state index in [0.29, 0.717) is 6.54 Å². The number of benzene rings is 1. The summed E-state index contributed by atoms with van der Waals surface area (Å²) in [6, 6.07) is 12.2. The molecule has 1 saturated heterocycles. The highest BCUT2D eigenvalue weighted by molar-refractivity contribution is 6.01. The molecular weight excluding hydrogens is 362 g/mol. The van der Waals surface area contributed by atoms with Gasteiger partial charge in [-0.1, -0.05) is 30.3 Å². The minimum absolute atomic E-state index is 0.0288. The molecule has 5 rings (SSSR count). The Morgan fingerprint density at radius 3 is 2.86 bits per heavy atom. The van der Waals surface area contributed by atoms with Gasteiger partial charge < -0.3 is 15.5 Å². The van der Waals surface area contributed by atoms with Gasteiger partial charge in [-0.2, -0.15) is 5.10 Å². The van der Waals surface area contributed by atoms with Gasteiger partial charge >= 0.3 is 0 Å². The number of carbonyl (C=O) groups excluding carboxylic acids is 1. The third-order valence-corrected chi connectivity index (χ3v) is 5.91. The molecule has 1 aromatic rings. The van der Waals surface area contributed by atoms with Gasteiger partial charge in [-0.05, 0) is 55.4 Å². The molecule has 0 bridgehead atoms. The van der Waals surface area contributed by atoms with Crippen LogP contribution in [0.5, 0.6) is 0 Å². The number of H-pyrrole nitrogens is 1. The molecule has 6 heteroatoms. The minimum Gasteiger partial charge on any atom is -0.387 e. The second-order valence-corrected chi connectivity index (χ2v) is 7.81. The molecule has 1 aliphatic carbocycles. The predicted octanol–water partition coefficient (Wildman–Crippen LogP) is 3.16. The third-order valence-electron chi connectivity index (χ3n) is 5.91. The number of aromatic amines is 1. The molecule has 0 saturated carbocycles. The molecule has 6 nitrogen and oxygen atoms in total. The van der Waals surface area contributed by atoms with Gasteiger partial charge in [-0.25, -0.2) is 0 Å². The number of hydrogen-bond donors (Lipinski definition) is 3. The predicted molar refractivity (Wildman–Crippen MR) is 113 cm³/mol. The van der Waals surface area contributed by atoms with Gasteiger partial charge in [-0.3, -0.25) is 9.89 Å². The van der Waals surface area contributed by atoms with E-state index in [1.54, 1.807) is 6.20 Å². The van der Waals surface area contributed by atoms with Crippen molar-refractivity contribution in [2.24, 2.45) is 0 Å². The largest absolute Gasteiger partial charge is 0.387 e. The third kappa shape index (κ3) is 3.51. The number of hydrogen-bond acceptors (Lipinski definition) is 4. The number of rotatable bonds is 5. The first kappa shape index (κ1) is 17.9. The molecule has 29 heavy (non-hydrogen) atoms. The number of nitrogens with one attached hydrogen (secondary N) is 3. The molecule has 0 aromatic heterocycles. The second-order valence-electron chi connectivity index (χ2n) is 7.81. The Morgan fingerprint density at radius 1 is 1.21 bits per heavy atom. The van der Waals surface area contributed by atoms with Gasteiger partial charge in [0.15, 0.2) is 0 Å². The molecule has 4 aliphatic rings. The molecular formula is C23H25N5O. The van der Waals surface area contributed by atoms with E-state index in [2.05, 4.69) is 37.9 Å². The maximum atomic E-state index is 13.4. The van der Waals surface area contributed by atoms with Crippen LogP contribution in [0, 0.1) is 0 Å². The SMILES string of the molecule is O=C(N[C@H](CN1CCCC1)c1ccccc1)c1cc2cn[nH]c3c-2c1CNC=C3. The second kappa shape index (κ2) is 7.72. The summed E-state index contributed by atoms with van der Waals surface area (Å²) >= 11 is 0. The maximum Gasteiger partial charge on any atom is 0.252 e. The summed E-state index contributed by atoms with van der Waals surface area (Å²) in [7, 11) is 0. The Labute approximate surface area is 170 Å². The van der Waals surface area contributed by atoms with Gasteiger partial charge in [0.1, 0.15) is 0 Å². The summed E-state index contributed by atoms with van der Waals surface area (Å²) in [4.78, 5) is 15.8. The van der Waals surface area contributed by atoms with E-state index in [1.165, 1.54) is 12.8 Å². The topological polar surface area (TPSA) is 73.0 Å². The lowest BCUT2D eigenvalue weighted by Gasteiger charge is -2.25. The monoisotopic (exact) mass is 387 g/mol. The van der Waals surface area contributed by atoms with Crippen molar-refractivity contribution in [1.29, 1.82) is 0 Å². The zero-order valence-electron chi connectivity index (χ0n) is 16.3. The number of nitrogens with zero attached hydrogens (tertiary/aromatic N) is 2. The molecule has 0 radical (unpaired) electrons. The van der Waals surface area contributed by atoms with Crippen LogP contribution in [0.2, 0.25) is 0 Å². The number of amides is 1. The van der Waals surface area contributed by atoms with E-state index in [1.807, 2.05) is 36.5 Å². The van der Waals surface area contributed by atoms with Crippen LogP contribution in [0.15, 0.2) is 48.8 Å². The van der Waals surface area contributed by atoms with Crippen molar-refractivity contribution in [3.8, 4) is 11.1 Å². The summed E-state index contributed by atoms with van der Waals surface area (Å²) in [6.45, 7) is 3.66. The Hall–Kier alpha value is -3.12. The molecule has 3 heterocycles. The van der Waals surface area contributed by atoms with Gasteiger partial charge in [0, 0.05) is 29.8 Å². The standard InChI is InChI=1S/C23H25N5O/c29-23(18-12-17-13-25-27-20-8-9-24-14-19(18)22(17)20)26-21(15-28-10-4-5-11-28)16-6-2-1-3-7-16/h1-3,6-9,12-13,21,24,27H,4-5,10-11,14-15H2,(H,26,29)/t21-/m1/s1. The van der Waals surface area contributed by atoms with E-state index in [0.717, 1.165) is 53.1 Å². The molecule has 1 fully saturated rings. The van der Waals surface area contributed by atoms with E-state index in [4.69, 9.17) is 0 Å². The fraction of sp³-hybridized carbons (Fsp3) is 0.304. The Balaban J connectivity index is 1.46. The highest BCUT2D eigenvalue weighted by atomic mass is 16.1.